The fraction of sp³-hybridized carbons (Fsp3) is 0.167. The van der Waals surface area contributed by atoms with Crippen molar-refractivity contribution >= 4 is 33.2 Å². The molecule has 8 heteroatoms. The van der Waals surface area contributed by atoms with Gasteiger partial charge in [0.25, 0.3) is 0 Å². The van der Waals surface area contributed by atoms with Gasteiger partial charge in [-0.05, 0) is 48.5 Å². The van der Waals surface area contributed by atoms with E-state index in [9.17, 15) is 13.2 Å². The van der Waals surface area contributed by atoms with Crippen molar-refractivity contribution in [3.63, 3.8) is 0 Å². The van der Waals surface area contributed by atoms with Crippen molar-refractivity contribution in [1.29, 1.82) is 0 Å². The second-order valence-electron chi connectivity index (χ2n) is 5.32. The van der Waals surface area contributed by atoms with Crippen LogP contribution in [0.25, 0.3) is 0 Å². The van der Waals surface area contributed by atoms with Gasteiger partial charge in [0.2, 0.25) is 15.9 Å². The fourth-order valence-electron chi connectivity index (χ4n) is 2.18. The van der Waals surface area contributed by atoms with Crippen molar-refractivity contribution in [3.8, 4) is 5.75 Å². The number of benzene rings is 2. The lowest BCUT2D eigenvalue weighted by Gasteiger charge is -2.20. The van der Waals surface area contributed by atoms with Gasteiger partial charge in [-0.2, -0.15) is 4.31 Å². The summed E-state index contributed by atoms with van der Waals surface area (Å²) in [6.07, 6.45) is 1.43. The monoisotopic (exact) mass is 394 g/mol. The smallest absolute Gasteiger partial charge is 0.243 e. The zero-order valence-corrected chi connectivity index (χ0v) is 15.8. The minimum atomic E-state index is -3.86. The molecule has 0 saturated carbocycles. The van der Waals surface area contributed by atoms with Crippen molar-refractivity contribution in [1.82, 2.24) is 4.31 Å². The topological polar surface area (TPSA) is 75.7 Å². The summed E-state index contributed by atoms with van der Waals surface area (Å²) in [6, 6.07) is 12.5. The average Bonchev–Trinajstić information content (AvgIpc) is 2.63. The van der Waals surface area contributed by atoms with Gasteiger partial charge in [0, 0.05) is 17.3 Å². The normalized spacial score (nSPS) is 11.2. The van der Waals surface area contributed by atoms with E-state index in [0.29, 0.717) is 16.5 Å². The van der Waals surface area contributed by atoms with Gasteiger partial charge in [0.05, 0.1) is 18.6 Å². The maximum Gasteiger partial charge on any atom is 0.243 e. The molecule has 0 unspecified atom stereocenters. The predicted molar refractivity (Wildman–Crippen MR) is 102 cm³/mol. The second kappa shape index (κ2) is 8.84. The lowest BCUT2D eigenvalue weighted by Crippen LogP contribution is -2.38. The van der Waals surface area contributed by atoms with Crippen LogP contribution >= 0.6 is 11.6 Å². The second-order valence-corrected chi connectivity index (χ2v) is 7.69. The highest BCUT2D eigenvalue weighted by Crippen LogP contribution is 2.20. The molecule has 0 saturated heterocycles. The van der Waals surface area contributed by atoms with E-state index in [2.05, 4.69) is 11.9 Å². The number of nitrogens with one attached hydrogen (secondary N) is 1. The maximum atomic E-state index is 12.8. The lowest BCUT2D eigenvalue weighted by atomic mass is 10.3. The molecule has 0 fully saturated rings. The van der Waals surface area contributed by atoms with E-state index in [1.54, 1.807) is 36.4 Å². The zero-order valence-electron chi connectivity index (χ0n) is 14.2. The van der Waals surface area contributed by atoms with Crippen LogP contribution < -0.4 is 10.1 Å². The summed E-state index contributed by atoms with van der Waals surface area (Å²) >= 11 is 5.80. The van der Waals surface area contributed by atoms with E-state index in [-0.39, 0.29) is 18.0 Å². The number of hydrogen-bond donors (Lipinski definition) is 1. The van der Waals surface area contributed by atoms with E-state index in [1.165, 1.54) is 25.3 Å². The quantitative estimate of drug-likeness (QED) is 0.698. The Balaban J connectivity index is 2.16. The molecule has 0 spiro atoms. The molecular formula is C18H19ClN2O4S. The molecule has 138 valence electrons. The summed E-state index contributed by atoms with van der Waals surface area (Å²) in [5.74, 6) is 0.0750. The Morgan fingerprint density at radius 3 is 2.35 bits per heavy atom. The Kier molecular flexibility index (Phi) is 6.79. The molecule has 0 heterocycles. The number of rotatable bonds is 8. The van der Waals surface area contributed by atoms with Gasteiger partial charge >= 0.3 is 0 Å². The standard InChI is InChI=1S/C18H19ClN2O4S/c1-3-12-21(13-18(22)20-15-6-4-14(19)5-7-15)26(23,24)17-10-8-16(25-2)9-11-17/h3-11H,1,12-13H2,2H3,(H,20,22). The number of hydrogen-bond acceptors (Lipinski definition) is 4. The molecule has 2 aromatic carbocycles. The lowest BCUT2D eigenvalue weighted by molar-refractivity contribution is -0.116. The Morgan fingerprint density at radius 1 is 1.19 bits per heavy atom. The first-order chi connectivity index (χ1) is 12.4. The van der Waals surface area contributed by atoms with Gasteiger partial charge in [-0.25, -0.2) is 8.42 Å². The molecule has 1 amide bonds. The first kappa shape index (κ1) is 20.0. The van der Waals surface area contributed by atoms with Gasteiger partial charge in [-0.1, -0.05) is 17.7 Å². The van der Waals surface area contributed by atoms with Crippen LogP contribution in [0.2, 0.25) is 5.02 Å². The summed E-state index contributed by atoms with van der Waals surface area (Å²) in [7, 11) is -2.36. The molecule has 0 atom stereocenters. The van der Waals surface area contributed by atoms with Crippen LogP contribution in [0.4, 0.5) is 5.69 Å². The first-order valence-corrected chi connectivity index (χ1v) is 9.49. The number of anilines is 1. The van der Waals surface area contributed by atoms with Crippen LogP contribution in [0, 0.1) is 0 Å². The van der Waals surface area contributed by atoms with Gasteiger partial charge in [0.1, 0.15) is 5.75 Å². The molecule has 26 heavy (non-hydrogen) atoms. The number of sulfonamides is 1. The number of methoxy groups -OCH3 is 1. The van der Waals surface area contributed by atoms with Gasteiger partial charge in [0.15, 0.2) is 0 Å². The summed E-state index contributed by atoms with van der Waals surface area (Å²) in [5, 5.41) is 3.18. The van der Waals surface area contributed by atoms with Crippen molar-refractivity contribution < 1.29 is 17.9 Å². The minimum absolute atomic E-state index is 0.00238. The molecule has 0 aliphatic carbocycles. The van der Waals surface area contributed by atoms with Crippen LogP contribution in [0.3, 0.4) is 0 Å². The number of ether oxygens (including phenoxy) is 1. The van der Waals surface area contributed by atoms with Crippen molar-refractivity contribution in [2.24, 2.45) is 0 Å². The number of halogens is 1. The predicted octanol–water partition coefficient (Wildman–Crippen LogP) is 3.16. The van der Waals surface area contributed by atoms with Crippen LogP contribution in [-0.2, 0) is 14.8 Å². The zero-order chi connectivity index (χ0) is 19.2. The molecule has 0 aromatic heterocycles. The van der Waals surface area contributed by atoms with Crippen LogP contribution in [0.1, 0.15) is 0 Å². The molecule has 0 bridgehead atoms. The van der Waals surface area contributed by atoms with Crippen molar-refractivity contribution in [2.75, 3.05) is 25.5 Å². The summed E-state index contributed by atoms with van der Waals surface area (Å²) < 4.78 is 31.7. The maximum absolute atomic E-state index is 12.8. The molecule has 0 aliphatic rings. The third-order valence-corrected chi connectivity index (χ3v) is 5.56. The van der Waals surface area contributed by atoms with Crippen LogP contribution in [0.5, 0.6) is 5.75 Å². The summed E-state index contributed by atoms with van der Waals surface area (Å²) in [5.41, 5.74) is 0.528. The molecule has 1 N–H and O–H groups in total. The Morgan fingerprint density at radius 2 is 1.81 bits per heavy atom. The van der Waals surface area contributed by atoms with Gasteiger partial charge < -0.3 is 10.1 Å². The summed E-state index contributed by atoms with van der Waals surface area (Å²) in [4.78, 5) is 12.3. The highest BCUT2D eigenvalue weighted by molar-refractivity contribution is 7.89. The molecule has 2 rings (SSSR count). The Hall–Kier alpha value is -2.35. The largest absolute Gasteiger partial charge is 0.497 e. The SMILES string of the molecule is C=CCN(CC(=O)Nc1ccc(Cl)cc1)S(=O)(=O)c1ccc(OC)cc1. The van der Waals surface area contributed by atoms with Crippen LogP contribution in [-0.4, -0.2) is 38.8 Å². The molecular weight excluding hydrogens is 376 g/mol. The Labute approximate surface area is 158 Å². The third kappa shape index (κ3) is 5.08. The van der Waals surface area contributed by atoms with E-state index >= 15 is 0 Å². The van der Waals surface area contributed by atoms with E-state index in [1.807, 2.05) is 0 Å². The van der Waals surface area contributed by atoms with Crippen molar-refractivity contribution in [3.05, 3.63) is 66.2 Å². The first-order valence-electron chi connectivity index (χ1n) is 7.67. The van der Waals surface area contributed by atoms with E-state index < -0.39 is 15.9 Å². The molecule has 0 radical (unpaired) electrons. The molecule has 6 nitrogen and oxygen atoms in total. The Bertz CT molecular complexity index is 865. The van der Waals surface area contributed by atoms with Gasteiger partial charge in [-0.3, -0.25) is 4.79 Å². The van der Waals surface area contributed by atoms with E-state index in [4.69, 9.17) is 16.3 Å². The number of amides is 1. The molecule has 0 aliphatic heterocycles. The van der Waals surface area contributed by atoms with Crippen LogP contribution in [0.15, 0.2) is 66.1 Å². The number of carbonyl (C=O) groups is 1. The highest BCUT2D eigenvalue weighted by atomic mass is 35.5. The molecule has 2 aromatic rings. The number of carbonyl (C=O) groups excluding carboxylic acids is 1. The fourth-order valence-corrected chi connectivity index (χ4v) is 3.68. The average molecular weight is 395 g/mol. The third-order valence-electron chi connectivity index (χ3n) is 3.48. The minimum Gasteiger partial charge on any atom is -0.497 e. The van der Waals surface area contributed by atoms with Crippen molar-refractivity contribution in [2.45, 2.75) is 4.90 Å². The highest BCUT2D eigenvalue weighted by Gasteiger charge is 2.25. The number of nitrogens with zero attached hydrogens (tertiary/aromatic N) is 1. The van der Waals surface area contributed by atoms with Gasteiger partial charge in [-0.15, -0.1) is 6.58 Å². The van der Waals surface area contributed by atoms with E-state index in [0.717, 1.165) is 4.31 Å². The summed E-state index contributed by atoms with van der Waals surface area (Å²) in [6.45, 7) is 3.22.